The Bertz CT molecular complexity index is 1280. The Hall–Kier alpha value is -3.86. The van der Waals surface area contributed by atoms with Crippen LogP contribution < -0.4 is 9.47 Å². The van der Waals surface area contributed by atoms with E-state index in [1.165, 1.54) is 0 Å². The van der Waals surface area contributed by atoms with Gasteiger partial charge in [0.25, 0.3) is 0 Å². The van der Waals surface area contributed by atoms with Gasteiger partial charge < -0.3 is 14.0 Å². The fraction of sp³-hybridized carbons (Fsp3) is 0.185. The Balaban J connectivity index is 1.93. The molecule has 0 radical (unpaired) electrons. The maximum Gasteiger partial charge on any atom is 0.313 e. The highest BCUT2D eigenvalue weighted by atomic mass is 16.5. The van der Waals surface area contributed by atoms with E-state index < -0.39 is 0 Å². The second kappa shape index (κ2) is 8.71. The molecule has 0 spiro atoms. The molecule has 0 bridgehead atoms. The van der Waals surface area contributed by atoms with E-state index in [4.69, 9.17) is 9.47 Å². The van der Waals surface area contributed by atoms with Crippen molar-refractivity contribution in [1.82, 2.24) is 4.57 Å². The van der Waals surface area contributed by atoms with E-state index in [-0.39, 0.29) is 17.7 Å². The number of hydrogen-bond donors (Lipinski definition) is 0. The number of nitrogens with zero attached hydrogens (tertiary/aromatic N) is 1. The SMILES string of the molecule is COc1ccc(-n2c(C)c(C(=O)c3ccccc3)c3cc(OC(=O)C(C)C)ccc32)cc1. The zero-order chi connectivity index (χ0) is 22.8. The number of fused-ring (bicyclic) bond motifs is 1. The van der Waals surface area contributed by atoms with E-state index in [9.17, 15) is 9.59 Å². The normalized spacial score (nSPS) is 11.0. The van der Waals surface area contributed by atoms with Crippen LogP contribution >= 0.6 is 0 Å². The number of esters is 1. The van der Waals surface area contributed by atoms with Gasteiger partial charge in [0.05, 0.1) is 24.1 Å². The molecule has 0 amide bonds. The van der Waals surface area contributed by atoms with Crippen LogP contribution in [-0.2, 0) is 4.79 Å². The molecule has 0 N–H and O–H groups in total. The fourth-order valence-corrected chi connectivity index (χ4v) is 3.78. The van der Waals surface area contributed by atoms with Gasteiger partial charge in [-0.1, -0.05) is 44.2 Å². The first kappa shape index (κ1) is 21.4. The molecular formula is C27H25NO4. The predicted molar refractivity (Wildman–Crippen MR) is 125 cm³/mol. The van der Waals surface area contributed by atoms with Crippen LogP contribution in [0, 0.1) is 12.8 Å². The van der Waals surface area contributed by atoms with Crippen LogP contribution in [0.25, 0.3) is 16.6 Å². The summed E-state index contributed by atoms with van der Waals surface area (Å²) in [5.41, 5.74) is 3.77. The van der Waals surface area contributed by atoms with Crippen LogP contribution in [0.3, 0.4) is 0 Å². The van der Waals surface area contributed by atoms with Crippen molar-refractivity contribution in [3.8, 4) is 17.2 Å². The third kappa shape index (κ3) is 3.89. The molecule has 1 aromatic heterocycles. The smallest absolute Gasteiger partial charge is 0.313 e. The van der Waals surface area contributed by atoms with E-state index in [0.29, 0.717) is 16.9 Å². The average Bonchev–Trinajstić information content (AvgIpc) is 3.10. The number of ketones is 1. The van der Waals surface area contributed by atoms with Crippen LogP contribution in [0.2, 0.25) is 0 Å². The summed E-state index contributed by atoms with van der Waals surface area (Å²) < 4.78 is 12.9. The largest absolute Gasteiger partial charge is 0.497 e. The maximum absolute atomic E-state index is 13.5. The number of carbonyl (C=O) groups excluding carboxylic acids is 2. The quantitative estimate of drug-likeness (QED) is 0.224. The van der Waals surface area contributed by atoms with Crippen molar-refractivity contribution in [3.63, 3.8) is 0 Å². The number of methoxy groups -OCH3 is 1. The first-order chi connectivity index (χ1) is 15.4. The number of carbonyl (C=O) groups is 2. The Kier molecular flexibility index (Phi) is 5.82. The molecule has 0 aliphatic heterocycles. The van der Waals surface area contributed by atoms with Crippen molar-refractivity contribution < 1.29 is 19.1 Å². The monoisotopic (exact) mass is 427 g/mol. The molecule has 0 unspecified atom stereocenters. The Labute approximate surface area is 187 Å². The van der Waals surface area contributed by atoms with Crippen LogP contribution in [0.5, 0.6) is 11.5 Å². The van der Waals surface area contributed by atoms with Gasteiger partial charge in [-0.3, -0.25) is 9.59 Å². The third-order valence-electron chi connectivity index (χ3n) is 5.46. The summed E-state index contributed by atoms with van der Waals surface area (Å²) in [5.74, 6) is 0.539. The van der Waals surface area contributed by atoms with Crippen molar-refractivity contribution in [1.29, 1.82) is 0 Å². The van der Waals surface area contributed by atoms with E-state index in [2.05, 4.69) is 0 Å². The minimum absolute atomic E-state index is 0.0762. The third-order valence-corrected chi connectivity index (χ3v) is 5.46. The molecule has 5 nitrogen and oxygen atoms in total. The van der Waals surface area contributed by atoms with Gasteiger partial charge in [-0.05, 0) is 49.4 Å². The maximum atomic E-state index is 13.5. The summed E-state index contributed by atoms with van der Waals surface area (Å²) >= 11 is 0. The minimum Gasteiger partial charge on any atom is -0.497 e. The lowest BCUT2D eigenvalue weighted by molar-refractivity contribution is -0.137. The average molecular weight is 428 g/mol. The second-order valence-corrected chi connectivity index (χ2v) is 7.94. The van der Waals surface area contributed by atoms with Crippen molar-refractivity contribution in [2.24, 2.45) is 5.92 Å². The lowest BCUT2D eigenvalue weighted by Crippen LogP contribution is -2.14. The molecule has 0 saturated heterocycles. The van der Waals surface area contributed by atoms with Crippen molar-refractivity contribution in [2.75, 3.05) is 7.11 Å². The minimum atomic E-state index is -0.313. The number of hydrogen-bond acceptors (Lipinski definition) is 4. The Morgan fingerprint density at radius 3 is 2.16 bits per heavy atom. The summed E-state index contributed by atoms with van der Waals surface area (Å²) in [6.45, 7) is 5.51. The van der Waals surface area contributed by atoms with Crippen LogP contribution in [0.4, 0.5) is 0 Å². The molecular weight excluding hydrogens is 402 g/mol. The van der Waals surface area contributed by atoms with Crippen molar-refractivity contribution in [2.45, 2.75) is 20.8 Å². The highest BCUT2D eigenvalue weighted by molar-refractivity contribution is 6.18. The van der Waals surface area contributed by atoms with Crippen LogP contribution in [0.15, 0.2) is 72.8 Å². The first-order valence-electron chi connectivity index (χ1n) is 10.5. The molecule has 0 atom stereocenters. The molecule has 0 fully saturated rings. The zero-order valence-electron chi connectivity index (χ0n) is 18.6. The van der Waals surface area contributed by atoms with Crippen molar-refractivity contribution in [3.05, 3.63) is 89.6 Å². The number of rotatable bonds is 6. The van der Waals surface area contributed by atoms with Crippen LogP contribution in [0.1, 0.15) is 35.5 Å². The highest BCUT2D eigenvalue weighted by Gasteiger charge is 2.23. The lowest BCUT2D eigenvalue weighted by atomic mass is 10.0. The molecule has 0 saturated carbocycles. The molecule has 0 aliphatic carbocycles. The van der Waals surface area contributed by atoms with Gasteiger partial charge in [-0.15, -0.1) is 0 Å². The predicted octanol–water partition coefficient (Wildman–Crippen LogP) is 5.74. The first-order valence-corrected chi connectivity index (χ1v) is 10.5. The molecule has 162 valence electrons. The Morgan fingerprint density at radius 2 is 1.53 bits per heavy atom. The second-order valence-electron chi connectivity index (χ2n) is 7.94. The molecule has 3 aromatic carbocycles. The molecule has 0 aliphatic rings. The number of aromatic nitrogens is 1. The summed E-state index contributed by atoms with van der Waals surface area (Å²) in [7, 11) is 1.63. The summed E-state index contributed by atoms with van der Waals surface area (Å²) in [6, 6.07) is 22.3. The Morgan fingerprint density at radius 1 is 0.875 bits per heavy atom. The van der Waals surface area contributed by atoms with Gasteiger partial charge in [-0.25, -0.2) is 0 Å². The highest BCUT2D eigenvalue weighted by Crippen LogP contribution is 2.34. The van der Waals surface area contributed by atoms with E-state index in [1.54, 1.807) is 45.2 Å². The summed E-state index contributed by atoms with van der Waals surface area (Å²) in [4.78, 5) is 25.7. The molecule has 4 aromatic rings. The van der Waals surface area contributed by atoms with E-state index in [0.717, 1.165) is 28.0 Å². The topological polar surface area (TPSA) is 57.5 Å². The summed E-state index contributed by atoms with van der Waals surface area (Å²) in [6.07, 6.45) is 0. The van der Waals surface area contributed by atoms with E-state index in [1.807, 2.05) is 60.0 Å². The van der Waals surface area contributed by atoms with Gasteiger partial charge >= 0.3 is 5.97 Å². The van der Waals surface area contributed by atoms with Gasteiger partial charge in [0.2, 0.25) is 0 Å². The van der Waals surface area contributed by atoms with Gasteiger partial charge in [0, 0.05) is 22.3 Å². The van der Waals surface area contributed by atoms with Gasteiger partial charge in [0.15, 0.2) is 5.78 Å². The van der Waals surface area contributed by atoms with E-state index >= 15 is 0 Å². The number of ether oxygens (including phenoxy) is 2. The number of benzene rings is 3. The molecule has 32 heavy (non-hydrogen) atoms. The van der Waals surface area contributed by atoms with Gasteiger partial charge in [-0.2, -0.15) is 0 Å². The van der Waals surface area contributed by atoms with Crippen molar-refractivity contribution >= 4 is 22.7 Å². The standard InChI is InChI=1S/C27H25NO4/c1-17(2)27(30)32-22-14-15-24-23(16-22)25(26(29)19-8-6-5-7-9-19)18(3)28(24)20-10-12-21(31-4)13-11-20/h5-17H,1-4H3. The molecule has 5 heteroatoms. The summed E-state index contributed by atoms with van der Waals surface area (Å²) in [5, 5.41) is 0.737. The molecule has 1 heterocycles. The lowest BCUT2D eigenvalue weighted by Gasteiger charge is -2.10. The molecule has 4 rings (SSSR count). The fourth-order valence-electron chi connectivity index (χ4n) is 3.78. The van der Waals surface area contributed by atoms with Gasteiger partial charge in [0.1, 0.15) is 11.5 Å². The van der Waals surface area contributed by atoms with Crippen LogP contribution in [-0.4, -0.2) is 23.4 Å². The zero-order valence-corrected chi connectivity index (χ0v) is 18.6.